The van der Waals surface area contributed by atoms with Gasteiger partial charge in [-0.3, -0.25) is 4.57 Å². The average Bonchev–Trinajstić information content (AvgIpc) is 3.01. The van der Waals surface area contributed by atoms with Crippen LogP contribution in [0.1, 0.15) is 6.23 Å². The Hall–Kier alpha value is -1.66. The summed E-state index contributed by atoms with van der Waals surface area (Å²) in [6.45, 7) is -0.344. The number of anilines is 1. The van der Waals surface area contributed by atoms with Crippen LogP contribution in [0.5, 0.6) is 0 Å². The molecule has 13 heteroatoms. The maximum Gasteiger partial charge on any atom is 0.400 e. The van der Waals surface area contributed by atoms with E-state index in [0.717, 1.165) is 0 Å². The summed E-state index contributed by atoms with van der Waals surface area (Å²) in [5.74, 6) is 0.154. The molecule has 0 saturated carbocycles. The number of aliphatic hydroxyl groups is 2. The Balaban J connectivity index is 1.85. The second-order valence-electron chi connectivity index (χ2n) is 5.04. The van der Waals surface area contributed by atoms with Gasteiger partial charge in [-0.15, -0.1) is 0 Å². The zero-order valence-electron chi connectivity index (χ0n) is 11.6. The molecule has 0 spiro atoms. The van der Waals surface area contributed by atoms with Crippen molar-refractivity contribution >= 4 is 24.7 Å². The molecule has 2 unspecified atom stereocenters. The molecule has 0 aliphatic carbocycles. The zero-order chi connectivity index (χ0) is 16.8. The molecule has 0 aromatic carbocycles. The minimum atomic E-state index is -4.47. The van der Waals surface area contributed by atoms with Crippen molar-refractivity contribution in [3.8, 4) is 0 Å². The van der Waals surface area contributed by atoms with Crippen molar-refractivity contribution < 1.29 is 29.3 Å². The maximum atomic E-state index is 10.8. The fourth-order valence-electron chi connectivity index (χ4n) is 2.39. The SMILES string of the molecule is Nc1ncnc2c1ncn2[C@@H]1O[C@H](CNP(=O)(O)O)C(O)C1O. The van der Waals surface area contributed by atoms with Crippen molar-refractivity contribution in [1.82, 2.24) is 24.6 Å². The summed E-state index contributed by atoms with van der Waals surface area (Å²) in [5, 5.41) is 22.1. The van der Waals surface area contributed by atoms with Gasteiger partial charge in [0.2, 0.25) is 0 Å². The van der Waals surface area contributed by atoms with Gasteiger partial charge in [0.25, 0.3) is 0 Å². The Morgan fingerprint density at radius 2 is 2.04 bits per heavy atom. The van der Waals surface area contributed by atoms with Crippen molar-refractivity contribution in [3.63, 3.8) is 0 Å². The van der Waals surface area contributed by atoms with Gasteiger partial charge in [-0.25, -0.2) is 24.6 Å². The van der Waals surface area contributed by atoms with Crippen molar-refractivity contribution in [2.45, 2.75) is 24.5 Å². The van der Waals surface area contributed by atoms with Gasteiger partial charge in [0.1, 0.15) is 30.2 Å². The number of hydrogen-bond acceptors (Lipinski definition) is 8. The van der Waals surface area contributed by atoms with Gasteiger partial charge in [-0.05, 0) is 0 Å². The molecule has 0 bridgehead atoms. The molecule has 3 rings (SSSR count). The number of aliphatic hydroxyl groups excluding tert-OH is 2. The van der Waals surface area contributed by atoms with Crippen LogP contribution in [0.15, 0.2) is 12.7 Å². The standard InChI is InChI=1S/C10H15N6O6P/c11-8-5-9(13-2-12-8)16(3-14-5)10-7(18)6(17)4(22-10)1-15-23(19,20)21/h2-4,6-7,10,17-18H,1H2,(H2,11,12,13)(H3,15,19,20,21)/t4-,6?,7?,10-/m1/s1. The summed E-state index contributed by atoms with van der Waals surface area (Å²) in [6.07, 6.45) is -2.20. The highest BCUT2D eigenvalue weighted by molar-refractivity contribution is 7.49. The Morgan fingerprint density at radius 3 is 2.74 bits per heavy atom. The van der Waals surface area contributed by atoms with E-state index in [2.05, 4.69) is 15.0 Å². The van der Waals surface area contributed by atoms with Gasteiger partial charge in [-0.2, -0.15) is 0 Å². The third-order valence-corrected chi connectivity index (χ3v) is 4.09. The van der Waals surface area contributed by atoms with Gasteiger partial charge in [0.05, 0.1) is 6.33 Å². The molecule has 126 valence electrons. The molecule has 0 radical (unpaired) electrons. The van der Waals surface area contributed by atoms with E-state index in [1.807, 2.05) is 5.09 Å². The molecule has 23 heavy (non-hydrogen) atoms. The summed E-state index contributed by atoms with van der Waals surface area (Å²) in [7, 11) is -4.47. The number of nitrogen functional groups attached to an aromatic ring is 1. The number of fused-ring (bicyclic) bond motifs is 1. The highest BCUT2D eigenvalue weighted by Crippen LogP contribution is 2.34. The molecule has 1 fully saturated rings. The first-order valence-electron chi connectivity index (χ1n) is 6.53. The van der Waals surface area contributed by atoms with Crippen molar-refractivity contribution in [1.29, 1.82) is 0 Å². The van der Waals surface area contributed by atoms with E-state index in [9.17, 15) is 14.8 Å². The van der Waals surface area contributed by atoms with E-state index in [1.54, 1.807) is 0 Å². The number of hydrogen-bond donors (Lipinski definition) is 6. The fourth-order valence-corrected chi connectivity index (χ4v) is 2.81. The first-order valence-corrected chi connectivity index (χ1v) is 8.14. The van der Waals surface area contributed by atoms with Crippen molar-refractivity contribution in [2.75, 3.05) is 12.3 Å². The van der Waals surface area contributed by atoms with Crippen LogP contribution >= 0.6 is 7.75 Å². The van der Waals surface area contributed by atoms with Gasteiger partial charge in [0.15, 0.2) is 17.7 Å². The molecule has 7 N–H and O–H groups in total. The predicted molar refractivity (Wildman–Crippen MR) is 75.7 cm³/mol. The van der Waals surface area contributed by atoms with E-state index < -0.39 is 32.3 Å². The van der Waals surface area contributed by atoms with Crippen LogP contribution < -0.4 is 10.8 Å². The van der Waals surface area contributed by atoms with Crippen molar-refractivity contribution in [3.05, 3.63) is 12.7 Å². The van der Waals surface area contributed by atoms with Gasteiger partial charge in [0, 0.05) is 6.54 Å². The normalized spacial score (nSPS) is 28.5. The average molecular weight is 346 g/mol. The summed E-state index contributed by atoms with van der Waals surface area (Å²) in [4.78, 5) is 29.5. The predicted octanol–water partition coefficient (Wildman–Crippen LogP) is -2.29. The molecule has 2 aromatic rings. The lowest BCUT2D eigenvalue weighted by Gasteiger charge is -2.16. The summed E-state index contributed by atoms with van der Waals surface area (Å²) < 4.78 is 17.7. The minimum Gasteiger partial charge on any atom is -0.387 e. The number of nitrogens with one attached hydrogen (secondary N) is 1. The molecule has 0 amide bonds. The molecule has 1 saturated heterocycles. The van der Waals surface area contributed by atoms with E-state index in [-0.39, 0.29) is 12.4 Å². The molecule has 2 aromatic heterocycles. The lowest BCUT2D eigenvalue weighted by Crippen LogP contribution is -2.36. The van der Waals surface area contributed by atoms with E-state index in [0.29, 0.717) is 11.2 Å². The van der Waals surface area contributed by atoms with Crippen molar-refractivity contribution in [2.24, 2.45) is 0 Å². The van der Waals surface area contributed by atoms with Crippen LogP contribution in [0.4, 0.5) is 5.82 Å². The topological polar surface area (TPSA) is 189 Å². The van der Waals surface area contributed by atoms with E-state index >= 15 is 0 Å². The van der Waals surface area contributed by atoms with Crippen LogP contribution in [0.25, 0.3) is 11.2 Å². The number of ether oxygens (including phenoxy) is 1. The summed E-state index contributed by atoms with van der Waals surface area (Å²) in [5.41, 5.74) is 6.29. The largest absolute Gasteiger partial charge is 0.400 e. The Labute approximate surface area is 129 Å². The van der Waals surface area contributed by atoms with Crippen LogP contribution in [0.2, 0.25) is 0 Å². The smallest absolute Gasteiger partial charge is 0.387 e. The van der Waals surface area contributed by atoms with Crippen LogP contribution in [-0.4, -0.2) is 64.4 Å². The Morgan fingerprint density at radius 1 is 1.30 bits per heavy atom. The molecule has 4 atom stereocenters. The van der Waals surface area contributed by atoms with Crippen LogP contribution in [0, 0.1) is 0 Å². The second kappa shape index (κ2) is 5.76. The maximum absolute atomic E-state index is 10.8. The lowest BCUT2D eigenvalue weighted by atomic mass is 10.1. The van der Waals surface area contributed by atoms with Crippen LogP contribution in [0.3, 0.4) is 0 Å². The van der Waals surface area contributed by atoms with Gasteiger partial charge in [-0.1, -0.05) is 0 Å². The highest BCUT2D eigenvalue weighted by Gasteiger charge is 2.44. The summed E-state index contributed by atoms with van der Waals surface area (Å²) in [6, 6.07) is 0. The molecule has 1 aliphatic rings. The number of nitrogens with zero attached hydrogens (tertiary/aromatic N) is 4. The third kappa shape index (κ3) is 3.05. The number of imidazole rings is 1. The zero-order valence-corrected chi connectivity index (χ0v) is 12.5. The second-order valence-corrected chi connectivity index (χ2v) is 6.44. The monoisotopic (exact) mass is 346 g/mol. The molecule has 12 nitrogen and oxygen atoms in total. The van der Waals surface area contributed by atoms with E-state index in [4.69, 9.17) is 20.3 Å². The Kier molecular flexibility index (Phi) is 4.06. The third-order valence-electron chi connectivity index (χ3n) is 3.50. The van der Waals surface area contributed by atoms with Gasteiger partial charge < -0.3 is 30.5 Å². The molecular formula is C10H15N6O6P. The number of nitrogens with two attached hydrogens (primary N) is 1. The van der Waals surface area contributed by atoms with Gasteiger partial charge >= 0.3 is 7.75 Å². The minimum absolute atomic E-state index is 0.154. The molecule has 1 aliphatic heterocycles. The fraction of sp³-hybridized carbons (Fsp3) is 0.500. The first kappa shape index (κ1) is 16.2. The quantitative estimate of drug-likeness (QED) is 0.327. The first-order chi connectivity index (χ1) is 10.8. The lowest BCUT2D eigenvalue weighted by molar-refractivity contribution is -0.0333. The molecule has 3 heterocycles. The highest BCUT2D eigenvalue weighted by atomic mass is 31.2. The number of rotatable bonds is 4. The van der Waals surface area contributed by atoms with E-state index in [1.165, 1.54) is 17.2 Å². The molecular weight excluding hydrogens is 331 g/mol. The Bertz CT molecular complexity index is 763. The van der Waals surface area contributed by atoms with Crippen LogP contribution in [-0.2, 0) is 9.30 Å². The summed E-state index contributed by atoms with van der Waals surface area (Å²) >= 11 is 0. The number of aromatic nitrogens is 4.